The summed E-state index contributed by atoms with van der Waals surface area (Å²) in [5.41, 5.74) is 1.36. The van der Waals surface area contributed by atoms with Crippen LogP contribution in [0.3, 0.4) is 0 Å². The van der Waals surface area contributed by atoms with Gasteiger partial charge < -0.3 is 14.4 Å². The Labute approximate surface area is 186 Å². The summed E-state index contributed by atoms with van der Waals surface area (Å²) in [6.07, 6.45) is 0.557. The lowest BCUT2D eigenvalue weighted by molar-refractivity contribution is -0.158. The molecule has 0 aromatic heterocycles. The van der Waals surface area contributed by atoms with Crippen molar-refractivity contribution >= 4 is 41.7 Å². The monoisotopic (exact) mass is 496 g/mol. The van der Waals surface area contributed by atoms with Crippen molar-refractivity contribution < 1.29 is 23.9 Å². The van der Waals surface area contributed by atoms with E-state index in [4.69, 9.17) is 9.47 Å². The van der Waals surface area contributed by atoms with E-state index in [1.807, 2.05) is 6.07 Å². The number of rotatable bonds is 9. The number of hydrogen-bond donors (Lipinski definition) is 0. The third kappa shape index (κ3) is 5.12. The molecule has 0 N–H and O–H groups in total. The van der Waals surface area contributed by atoms with E-state index in [1.165, 1.54) is 0 Å². The minimum atomic E-state index is -1.25. The Kier molecular flexibility index (Phi) is 7.36. The van der Waals surface area contributed by atoms with E-state index in [1.54, 1.807) is 17.0 Å². The minimum absolute atomic E-state index is 0.0484. The van der Waals surface area contributed by atoms with E-state index in [2.05, 4.69) is 35.6 Å². The molecule has 3 rings (SSSR count). The van der Waals surface area contributed by atoms with Crippen LogP contribution in [0.25, 0.3) is 0 Å². The van der Waals surface area contributed by atoms with Crippen LogP contribution in [0.5, 0.6) is 5.75 Å². The van der Waals surface area contributed by atoms with Crippen molar-refractivity contribution in [1.29, 1.82) is 0 Å². The maximum atomic E-state index is 13.1. The summed E-state index contributed by atoms with van der Waals surface area (Å²) in [6, 6.07) is 5.68. The number of piperidine rings is 1. The summed E-state index contributed by atoms with van der Waals surface area (Å²) < 4.78 is 11.4. The second kappa shape index (κ2) is 9.61. The molecule has 2 aliphatic rings. The highest BCUT2D eigenvalue weighted by molar-refractivity contribution is 9.09. The van der Waals surface area contributed by atoms with Gasteiger partial charge in [-0.15, -0.1) is 0 Å². The lowest BCUT2D eigenvalue weighted by Gasteiger charge is -2.35. The van der Waals surface area contributed by atoms with Crippen LogP contribution in [-0.4, -0.2) is 66.9 Å². The van der Waals surface area contributed by atoms with Gasteiger partial charge in [-0.3, -0.25) is 19.3 Å². The second-order valence-corrected chi connectivity index (χ2v) is 15.2. The quantitative estimate of drug-likeness (QED) is 0.227. The zero-order chi connectivity index (χ0) is 21.9. The number of amides is 3. The second-order valence-electron chi connectivity index (χ2n) is 8.82. The van der Waals surface area contributed by atoms with E-state index in [-0.39, 0.29) is 30.9 Å². The van der Waals surface area contributed by atoms with Gasteiger partial charge in [0.15, 0.2) is 0 Å². The highest BCUT2D eigenvalue weighted by atomic mass is 79.9. The number of ether oxygens (including phenoxy) is 2. The molecule has 1 aromatic carbocycles. The molecule has 7 nitrogen and oxygen atoms in total. The number of benzene rings is 1. The zero-order valence-electron chi connectivity index (χ0n) is 17.8. The molecule has 0 saturated carbocycles. The Balaban J connectivity index is 1.69. The molecule has 2 aliphatic heterocycles. The Morgan fingerprint density at radius 1 is 1.17 bits per heavy atom. The van der Waals surface area contributed by atoms with Gasteiger partial charge in [-0.1, -0.05) is 41.6 Å². The van der Waals surface area contributed by atoms with Gasteiger partial charge in [0.05, 0.1) is 13.2 Å². The lowest BCUT2D eigenvalue weighted by Crippen LogP contribution is -2.55. The van der Waals surface area contributed by atoms with Crippen LogP contribution < -0.4 is 4.74 Å². The van der Waals surface area contributed by atoms with Crippen molar-refractivity contribution in [3.63, 3.8) is 0 Å². The molecule has 1 fully saturated rings. The molecule has 1 unspecified atom stereocenters. The topological polar surface area (TPSA) is 76.2 Å². The summed E-state index contributed by atoms with van der Waals surface area (Å²) in [5, 5.41) is 0.685. The molecule has 1 atom stereocenters. The fraction of sp³-hybridized carbons (Fsp3) is 0.571. The van der Waals surface area contributed by atoms with Gasteiger partial charge in [-0.25, -0.2) is 0 Å². The van der Waals surface area contributed by atoms with Crippen molar-refractivity contribution in [2.24, 2.45) is 0 Å². The van der Waals surface area contributed by atoms with Gasteiger partial charge in [-0.05, 0) is 24.6 Å². The number of hydrogen-bond acceptors (Lipinski definition) is 5. The van der Waals surface area contributed by atoms with Crippen LogP contribution in [0.1, 0.15) is 28.8 Å². The van der Waals surface area contributed by atoms with Crippen LogP contribution in [0.15, 0.2) is 18.2 Å². The van der Waals surface area contributed by atoms with Crippen LogP contribution >= 0.6 is 15.9 Å². The Morgan fingerprint density at radius 2 is 1.93 bits per heavy atom. The van der Waals surface area contributed by atoms with Gasteiger partial charge in [-0.2, -0.15) is 0 Å². The third-order valence-electron chi connectivity index (χ3n) is 5.36. The minimum Gasteiger partial charge on any atom is -0.492 e. The van der Waals surface area contributed by atoms with E-state index in [0.717, 1.165) is 16.5 Å². The summed E-state index contributed by atoms with van der Waals surface area (Å²) >= 11 is 3.34. The first-order valence-corrected chi connectivity index (χ1v) is 15.1. The summed E-state index contributed by atoms with van der Waals surface area (Å²) in [5.74, 6) is -0.131. The first-order valence-electron chi connectivity index (χ1n) is 10.3. The van der Waals surface area contributed by atoms with Gasteiger partial charge in [0.25, 0.3) is 11.8 Å². The molecule has 3 amide bonds. The molecule has 0 aliphatic carbocycles. The molecular weight excluding hydrogens is 468 g/mol. The number of halogens is 1. The van der Waals surface area contributed by atoms with Crippen molar-refractivity contribution in [3.05, 3.63) is 29.3 Å². The predicted octanol–water partition coefficient (Wildman–Crippen LogP) is 3.25. The smallest absolute Gasteiger partial charge is 0.255 e. The molecule has 2 heterocycles. The van der Waals surface area contributed by atoms with E-state index >= 15 is 0 Å². The van der Waals surface area contributed by atoms with Crippen LogP contribution in [0, 0.1) is 0 Å². The maximum absolute atomic E-state index is 13.1. The SMILES string of the molecule is C[Si](C)(C)CCOCN1C(=O)CCC(N2Cc3c(OCCBr)cccc3C2=O)C1=O. The van der Waals surface area contributed by atoms with Gasteiger partial charge in [0.1, 0.15) is 18.5 Å². The first kappa shape index (κ1) is 23.0. The number of alkyl halides is 1. The molecule has 30 heavy (non-hydrogen) atoms. The number of likely N-dealkylation sites (tertiary alicyclic amines) is 1. The number of fused-ring (bicyclic) bond motifs is 1. The average Bonchev–Trinajstić information content (AvgIpc) is 3.02. The summed E-state index contributed by atoms with van der Waals surface area (Å²) in [6.45, 7) is 8.01. The normalized spacial score (nSPS) is 19.5. The van der Waals surface area contributed by atoms with Crippen molar-refractivity contribution in [2.75, 3.05) is 25.3 Å². The lowest BCUT2D eigenvalue weighted by atomic mass is 10.0. The van der Waals surface area contributed by atoms with E-state index in [9.17, 15) is 14.4 Å². The van der Waals surface area contributed by atoms with Crippen LogP contribution in [0.2, 0.25) is 25.7 Å². The fourth-order valence-corrected chi connectivity index (χ4v) is 4.56. The molecule has 1 aromatic rings. The molecule has 9 heteroatoms. The Hall–Kier alpha value is -1.71. The Morgan fingerprint density at radius 3 is 2.63 bits per heavy atom. The van der Waals surface area contributed by atoms with Crippen LogP contribution in [0.4, 0.5) is 0 Å². The highest BCUT2D eigenvalue weighted by Gasteiger charge is 2.43. The molecular formula is C21H29BrN2O5Si. The molecule has 1 saturated heterocycles. The fourth-order valence-electron chi connectivity index (χ4n) is 3.64. The van der Waals surface area contributed by atoms with Gasteiger partial charge >= 0.3 is 0 Å². The van der Waals surface area contributed by atoms with Gasteiger partial charge in [0.2, 0.25) is 5.91 Å². The van der Waals surface area contributed by atoms with Gasteiger partial charge in [0, 0.05) is 37.6 Å². The number of carbonyl (C=O) groups excluding carboxylic acids is 3. The number of nitrogens with zero attached hydrogens (tertiary/aromatic N) is 2. The molecule has 0 spiro atoms. The van der Waals surface area contributed by atoms with E-state index in [0.29, 0.717) is 42.8 Å². The Bertz CT molecular complexity index is 826. The molecule has 0 radical (unpaired) electrons. The van der Waals surface area contributed by atoms with Crippen molar-refractivity contribution in [3.8, 4) is 5.75 Å². The van der Waals surface area contributed by atoms with Crippen molar-refractivity contribution in [2.45, 2.75) is 51.1 Å². The largest absolute Gasteiger partial charge is 0.492 e. The summed E-state index contributed by atoms with van der Waals surface area (Å²) in [7, 11) is -1.25. The predicted molar refractivity (Wildman–Crippen MR) is 119 cm³/mol. The van der Waals surface area contributed by atoms with E-state index < -0.39 is 14.1 Å². The third-order valence-corrected chi connectivity index (χ3v) is 7.39. The summed E-state index contributed by atoms with van der Waals surface area (Å²) in [4.78, 5) is 41.1. The highest BCUT2D eigenvalue weighted by Crippen LogP contribution is 2.34. The molecule has 0 bridgehead atoms. The number of imide groups is 1. The van der Waals surface area contributed by atoms with Crippen molar-refractivity contribution in [1.82, 2.24) is 9.80 Å². The average molecular weight is 497 g/mol. The standard InChI is InChI=1S/C21H29BrN2O5Si/c1-30(2,3)12-11-28-14-24-19(25)8-7-17(21(24)27)23-13-16-15(20(23)26)5-4-6-18(16)29-10-9-22/h4-6,17H,7-14H2,1-3H3. The first-order chi connectivity index (χ1) is 14.2. The maximum Gasteiger partial charge on any atom is 0.255 e. The number of carbonyl (C=O) groups is 3. The van der Waals surface area contributed by atoms with Crippen LogP contribution in [-0.2, 0) is 20.9 Å². The molecule has 164 valence electrons. The zero-order valence-corrected chi connectivity index (χ0v) is 20.4.